The minimum atomic E-state index is 0.264. The van der Waals surface area contributed by atoms with Gasteiger partial charge in [0.05, 0.1) is 19.2 Å². The lowest BCUT2D eigenvalue weighted by molar-refractivity contribution is 0.0783. The van der Waals surface area contributed by atoms with E-state index in [1.165, 1.54) is 18.4 Å². The van der Waals surface area contributed by atoms with Gasteiger partial charge < -0.3 is 26.1 Å². The molecule has 1 saturated heterocycles. The first-order valence-corrected chi connectivity index (χ1v) is 12.0. The van der Waals surface area contributed by atoms with E-state index in [4.69, 9.17) is 16.2 Å². The number of likely N-dealkylation sites (tertiary alicyclic amines) is 1. The third-order valence-electron chi connectivity index (χ3n) is 6.53. The molecule has 1 unspecified atom stereocenters. The number of hydrogen-bond donors (Lipinski definition) is 3. The Morgan fingerprint density at radius 1 is 1.18 bits per heavy atom. The quantitative estimate of drug-likeness (QED) is 0.383. The number of unbranched alkanes of at least 4 members (excludes halogenated alkanes) is 2. The zero-order valence-corrected chi connectivity index (χ0v) is 20.1. The molecule has 1 aromatic carbocycles. The molecule has 8 nitrogen and oxygen atoms in total. The molecule has 1 aliphatic rings. The van der Waals surface area contributed by atoms with Crippen molar-refractivity contribution in [1.29, 1.82) is 0 Å². The fourth-order valence-electron chi connectivity index (χ4n) is 4.49. The number of hydrogen-bond acceptors (Lipinski definition) is 7. The van der Waals surface area contributed by atoms with Crippen molar-refractivity contribution in [2.24, 2.45) is 11.7 Å². The van der Waals surface area contributed by atoms with Crippen LogP contribution in [-0.2, 0) is 13.1 Å². The summed E-state index contributed by atoms with van der Waals surface area (Å²) in [6, 6.07) is 8.76. The van der Waals surface area contributed by atoms with E-state index in [-0.39, 0.29) is 12.0 Å². The van der Waals surface area contributed by atoms with Crippen molar-refractivity contribution in [2.75, 3.05) is 37.8 Å². The molecule has 0 amide bonds. The fraction of sp³-hybridized carbons (Fsp3) is 0.520. The van der Waals surface area contributed by atoms with Crippen molar-refractivity contribution in [2.45, 2.75) is 52.2 Å². The van der Waals surface area contributed by atoms with Gasteiger partial charge in [0.25, 0.3) is 0 Å². The maximum atomic E-state index is 6.01. The molecule has 1 fully saturated rings. The molecule has 0 aliphatic carbocycles. The molecule has 0 radical (unpaired) electrons. The van der Waals surface area contributed by atoms with Gasteiger partial charge in [-0.2, -0.15) is 4.98 Å². The summed E-state index contributed by atoms with van der Waals surface area (Å²) in [5, 5.41) is 3.46. The van der Waals surface area contributed by atoms with Gasteiger partial charge in [-0.3, -0.25) is 4.90 Å². The highest BCUT2D eigenvalue weighted by Gasteiger charge is 2.29. The van der Waals surface area contributed by atoms with Crippen molar-refractivity contribution in [3.63, 3.8) is 0 Å². The van der Waals surface area contributed by atoms with Gasteiger partial charge in [0.15, 0.2) is 5.82 Å². The van der Waals surface area contributed by atoms with Crippen molar-refractivity contribution < 1.29 is 4.74 Å². The molecule has 0 bridgehead atoms. The molecule has 2 aromatic heterocycles. The summed E-state index contributed by atoms with van der Waals surface area (Å²) in [4.78, 5) is 11.3. The van der Waals surface area contributed by atoms with Crippen molar-refractivity contribution in [3.05, 3.63) is 41.6 Å². The van der Waals surface area contributed by atoms with Gasteiger partial charge in [0.1, 0.15) is 11.3 Å². The Bertz CT molecular complexity index is 1070. The highest BCUT2D eigenvalue weighted by Crippen LogP contribution is 2.28. The SMILES string of the molecule is CCCCCNc1nc(N)nc2ccn(Cc3ccc(CN4CC(C(C)N)C4)cc3OC)c12. The molecule has 1 aliphatic heterocycles. The predicted molar refractivity (Wildman–Crippen MR) is 134 cm³/mol. The highest BCUT2D eigenvalue weighted by atomic mass is 16.5. The van der Waals surface area contributed by atoms with Gasteiger partial charge >= 0.3 is 0 Å². The summed E-state index contributed by atoms with van der Waals surface area (Å²) in [5.41, 5.74) is 16.2. The van der Waals surface area contributed by atoms with Crippen LogP contribution >= 0.6 is 0 Å². The normalized spacial score (nSPS) is 15.5. The lowest BCUT2D eigenvalue weighted by atomic mass is 9.93. The van der Waals surface area contributed by atoms with Crippen LogP contribution in [0.15, 0.2) is 30.5 Å². The Morgan fingerprint density at radius 2 is 2.00 bits per heavy atom. The number of aromatic nitrogens is 3. The van der Waals surface area contributed by atoms with E-state index < -0.39 is 0 Å². The second-order valence-corrected chi connectivity index (χ2v) is 9.20. The number of nitrogens with zero attached hydrogens (tertiary/aromatic N) is 4. The number of rotatable bonds is 11. The minimum absolute atomic E-state index is 0.264. The van der Waals surface area contributed by atoms with Gasteiger partial charge in [-0.1, -0.05) is 31.9 Å². The number of nitrogen functional groups attached to an aromatic ring is 1. The van der Waals surface area contributed by atoms with Crippen LogP contribution in [0.3, 0.4) is 0 Å². The number of nitrogens with one attached hydrogen (secondary N) is 1. The van der Waals surface area contributed by atoms with Crippen molar-refractivity contribution in [1.82, 2.24) is 19.4 Å². The van der Waals surface area contributed by atoms with Crippen molar-refractivity contribution in [3.8, 4) is 5.75 Å². The zero-order valence-electron chi connectivity index (χ0n) is 20.1. The van der Waals surface area contributed by atoms with E-state index in [2.05, 4.69) is 56.8 Å². The monoisotopic (exact) mass is 451 g/mol. The summed E-state index contributed by atoms with van der Waals surface area (Å²) < 4.78 is 7.93. The predicted octanol–water partition coefficient (Wildman–Crippen LogP) is 3.45. The van der Waals surface area contributed by atoms with Crippen LogP contribution in [0.25, 0.3) is 11.0 Å². The summed E-state index contributed by atoms with van der Waals surface area (Å²) >= 11 is 0. The molecule has 178 valence electrons. The lowest BCUT2D eigenvalue weighted by Crippen LogP contribution is -2.52. The first-order valence-electron chi connectivity index (χ1n) is 12.0. The third kappa shape index (κ3) is 5.39. The van der Waals surface area contributed by atoms with E-state index in [1.807, 2.05) is 12.3 Å². The Labute approximate surface area is 196 Å². The number of methoxy groups -OCH3 is 1. The second-order valence-electron chi connectivity index (χ2n) is 9.20. The van der Waals surface area contributed by atoms with Crippen LogP contribution in [0.5, 0.6) is 5.75 Å². The van der Waals surface area contributed by atoms with Crippen LogP contribution in [0.2, 0.25) is 0 Å². The molecular weight excluding hydrogens is 414 g/mol. The standard InChI is InChI=1S/C25H37N7O/c1-4-5-6-10-28-24-23-21(29-25(27)30-24)9-11-32(23)16-19-8-7-18(12-22(19)33-3)13-31-14-20(15-31)17(2)26/h7-9,11-12,17,20H,4-6,10,13-16,26H2,1-3H3,(H3,27,28,29,30). The second kappa shape index (κ2) is 10.4. The molecule has 3 aromatic rings. The number of anilines is 2. The first kappa shape index (κ1) is 23.3. The van der Waals surface area contributed by atoms with Gasteiger partial charge in [-0.05, 0) is 37.0 Å². The molecule has 8 heteroatoms. The number of fused-ring (bicyclic) bond motifs is 1. The van der Waals surface area contributed by atoms with Gasteiger partial charge in [-0.15, -0.1) is 0 Å². The Kier molecular flexibility index (Phi) is 7.35. The maximum Gasteiger partial charge on any atom is 0.222 e. The minimum Gasteiger partial charge on any atom is -0.496 e. The summed E-state index contributed by atoms with van der Waals surface area (Å²) in [6.07, 6.45) is 5.50. The van der Waals surface area contributed by atoms with Crippen LogP contribution in [0, 0.1) is 5.92 Å². The summed E-state index contributed by atoms with van der Waals surface area (Å²) in [5.74, 6) is 2.58. The Hall–Kier alpha value is -2.84. The molecule has 1 atom stereocenters. The molecule has 0 spiro atoms. The molecular formula is C25H37N7O. The average molecular weight is 452 g/mol. The van der Waals surface area contributed by atoms with E-state index in [9.17, 15) is 0 Å². The molecule has 3 heterocycles. The zero-order chi connectivity index (χ0) is 23.4. The van der Waals surface area contributed by atoms with Crippen LogP contribution < -0.4 is 21.5 Å². The Morgan fingerprint density at radius 3 is 2.73 bits per heavy atom. The average Bonchev–Trinajstić information content (AvgIpc) is 3.16. The molecule has 5 N–H and O–H groups in total. The largest absolute Gasteiger partial charge is 0.496 e. The van der Waals surface area contributed by atoms with Crippen LogP contribution in [-0.4, -0.2) is 52.2 Å². The number of benzene rings is 1. The molecule has 4 rings (SSSR count). The van der Waals surface area contributed by atoms with Crippen LogP contribution in [0.1, 0.15) is 44.2 Å². The smallest absolute Gasteiger partial charge is 0.222 e. The fourth-order valence-corrected chi connectivity index (χ4v) is 4.49. The number of ether oxygens (including phenoxy) is 1. The summed E-state index contributed by atoms with van der Waals surface area (Å²) in [7, 11) is 1.73. The molecule has 33 heavy (non-hydrogen) atoms. The maximum absolute atomic E-state index is 6.01. The Balaban J connectivity index is 1.51. The lowest BCUT2D eigenvalue weighted by Gasteiger charge is -2.41. The van der Waals surface area contributed by atoms with Gasteiger partial charge in [0.2, 0.25) is 5.95 Å². The molecule has 0 saturated carbocycles. The van der Waals surface area contributed by atoms with Gasteiger partial charge in [0, 0.05) is 44.0 Å². The van der Waals surface area contributed by atoms with Crippen molar-refractivity contribution >= 4 is 22.8 Å². The third-order valence-corrected chi connectivity index (χ3v) is 6.53. The highest BCUT2D eigenvalue weighted by molar-refractivity contribution is 5.87. The summed E-state index contributed by atoms with van der Waals surface area (Å²) in [6.45, 7) is 8.87. The first-order chi connectivity index (χ1) is 16.0. The van der Waals surface area contributed by atoms with E-state index in [0.29, 0.717) is 12.5 Å². The van der Waals surface area contributed by atoms with Gasteiger partial charge in [-0.25, -0.2) is 4.98 Å². The van der Waals surface area contributed by atoms with E-state index >= 15 is 0 Å². The van der Waals surface area contributed by atoms with E-state index in [0.717, 1.165) is 60.8 Å². The van der Waals surface area contributed by atoms with Crippen LogP contribution in [0.4, 0.5) is 11.8 Å². The topological polar surface area (TPSA) is 107 Å². The number of nitrogens with two attached hydrogens (primary N) is 2. The van der Waals surface area contributed by atoms with E-state index in [1.54, 1.807) is 7.11 Å².